The summed E-state index contributed by atoms with van der Waals surface area (Å²) in [6, 6.07) is -26.2. The Bertz CT molecular complexity index is 4100. The van der Waals surface area contributed by atoms with Crippen molar-refractivity contribution in [2.75, 3.05) is 86.9 Å². The van der Waals surface area contributed by atoms with E-state index in [1.165, 1.54) is 0 Å². The molecule has 18 amide bonds. The van der Waals surface area contributed by atoms with Crippen molar-refractivity contribution in [2.45, 2.75) is 255 Å². The first kappa shape index (κ1) is 122. The fourth-order valence-corrected chi connectivity index (χ4v) is 21.1. The Balaban J connectivity index is 2.18. The van der Waals surface area contributed by atoms with Crippen molar-refractivity contribution in [1.82, 2.24) is 128 Å². The Hall–Kier alpha value is -11.8. The van der Waals surface area contributed by atoms with Gasteiger partial charge in [-0.15, -0.1) is 0 Å². The highest BCUT2D eigenvalue weighted by molar-refractivity contribution is 8.77. The number of nitrogens with two attached hydrogens (primary N) is 6. The fraction of sp³-hybridized carbons (Fsp3) is 0.707. The Morgan fingerprint density at radius 3 is 0.613 bits per heavy atom. The molecule has 54 nitrogen and oxygen atoms in total. The number of guanidine groups is 6. The average molecular weight is 2120 g/mol. The van der Waals surface area contributed by atoms with E-state index in [2.05, 4.69) is 128 Å². The summed E-state index contributed by atoms with van der Waals surface area (Å²) in [5.74, 6) is -27.0. The number of amides is 18. The number of fused-ring (bicyclic) bond motifs is 15. The molecule has 4 fully saturated rings. The normalized spacial score (nSPS) is 26.2. The van der Waals surface area contributed by atoms with Crippen LogP contribution in [0.1, 0.15) is 158 Å². The molecule has 4 heterocycles. The van der Waals surface area contributed by atoms with Crippen molar-refractivity contribution in [3.8, 4) is 0 Å². The standard InChI is InChI=1S/C82H146N36O18S6/c1-9-39(5)57-75(135)113-51-35-139-137-33-49(61(121)101-31-55(119)103-43(19-13-25-95-77(83)84)63(123)105-47(67(127)115-57)23-17-29-99-81(91)92)111-73(133)59(41(7)11-3)118-72(132)54-38-142-141-37-53(109-65(125)45(107-69(51)129)21-15-27-97-79(87)88)71(131)117-60(42(8)12-4)74(134)112-50-34-138-140-36-52(70(130)108-46(66(126)110-54)22-16-28-98-80(89)90)114-76(136)58(40(6)10-2)116-68(128)48(24-18-30-100-82(93)94)106-64(124)44(20-14-26-96-78(85)86)104-56(120)32-102-62(50)122/h39-54,57-60H,9-38H2,1-8H3,(H,101,121)(H,102,122)(H,103,119)(H,104,120)(H,105,123)(H,106,124)(H,107,129)(H,108,130)(H,109,125)(H,110,126)(H,111,133)(H,112,134)(H,113,135)(H,114,136)(H,115,127)(H,116,128)(H,117,131)(H,118,132)(H4,83,84,95)(H4,85,86,96)(H4,87,88,97)(H4,89,90,98)(H4,91,92,99)(H4,93,94,100)/t39-,40-,41-,42?,43?,44-,45-,46-,47-,48-,49-,50-,51-,52-,53-,54-,57-,58-,59-,60-/m0/s1. The molecule has 2 unspecified atom stereocenters. The minimum atomic E-state index is -1.80. The average Bonchev–Trinajstić information content (AvgIpc) is 0.833. The van der Waals surface area contributed by atoms with E-state index in [0.29, 0.717) is 0 Å². The molecule has 798 valence electrons. The maximum Gasteiger partial charge on any atom is 0.244 e. The lowest BCUT2D eigenvalue weighted by atomic mass is 9.97. The molecule has 0 saturated carbocycles. The first-order chi connectivity index (χ1) is 67.3. The van der Waals surface area contributed by atoms with Crippen LogP contribution in [0.4, 0.5) is 0 Å². The van der Waals surface area contributed by atoms with Crippen LogP contribution in [-0.4, -0.2) is 326 Å². The molecule has 0 aliphatic carbocycles. The van der Waals surface area contributed by atoms with Gasteiger partial charge in [-0.25, -0.2) is 0 Å². The fourth-order valence-electron chi connectivity index (χ4n) is 14.2. The van der Waals surface area contributed by atoms with E-state index in [1.54, 1.807) is 55.4 Å². The van der Waals surface area contributed by atoms with Crippen LogP contribution in [0, 0.1) is 56.1 Å². The highest BCUT2D eigenvalue weighted by Crippen LogP contribution is 2.29. The number of hydrogen-bond donors (Lipinski definition) is 36. The zero-order chi connectivity index (χ0) is 106. The van der Waals surface area contributed by atoms with E-state index < -0.39 is 310 Å². The van der Waals surface area contributed by atoms with E-state index in [9.17, 15) is 38.4 Å². The lowest BCUT2D eigenvalue weighted by molar-refractivity contribution is -0.136. The molecule has 0 aromatic rings. The van der Waals surface area contributed by atoms with Crippen LogP contribution in [0.25, 0.3) is 0 Å². The minimum absolute atomic E-state index is 0.00428. The van der Waals surface area contributed by atoms with Gasteiger partial charge in [0.15, 0.2) is 35.8 Å². The highest BCUT2D eigenvalue weighted by Gasteiger charge is 2.43. The highest BCUT2D eigenvalue weighted by atomic mass is 33.1. The van der Waals surface area contributed by atoms with Crippen molar-refractivity contribution >= 4 is 207 Å². The zero-order valence-corrected chi connectivity index (χ0v) is 85.9. The van der Waals surface area contributed by atoms with Gasteiger partial charge in [0.1, 0.15) is 96.7 Å². The van der Waals surface area contributed by atoms with Gasteiger partial charge in [-0.1, -0.05) is 146 Å². The van der Waals surface area contributed by atoms with E-state index in [4.69, 9.17) is 66.9 Å². The van der Waals surface area contributed by atoms with E-state index in [-0.39, 0.29) is 142 Å². The lowest BCUT2D eigenvalue weighted by Gasteiger charge is -2.31. The van der Waals surface area contributed by atoms with Gasteiger partial charge < -0.3 is 162 Å². The summed E-state index contributed by atoms with van der Waals surface area (Å²) in [6.07, 6.45) is -0.667. The molecule has 4 aliphatic rings. The summed E-state index contributed by atoms with van der Waals surface area (Å²) in [4.78, 5) is 272. The molecule has 20 atom stereocenters. The molecule has 42 N–H and O–H groups in total. The van der Waals surface area contributed by atoms with Crippen LogP contribution in [-0.2, 0) is 86.3 Å². The Morgan fingerprint density at radius 1 is 0.246 bits per heavy atom. The molecule has 0 aromatic heterocycles. The maximum absolute atomic E-state index is 15.7. The predicted octanol–water partition coefficient (Wildman–Crippen LogP) is -9.06. The molecule has 0 radical (unpaired) electrons. The van der Waals surface area contributed by atoms with Crippen molar-refractivity contribution < 1.29 is 86.3 Å². The molecule has 142 heavy (non-hydrogen) atoms. The number of hydrogen-bond acceptors (Lipinski definition) is 30. The summed E-state index contributed by atoms with van der Waals surface area (Å²) < 4.78 is 0. The predicted molar refractivity (Wildman–Crippen MR) is 544 cm³/mol. The minimum Gasteiger partial charge on any atom is -0.370 e. The van der Waals surface area contributed by atoms with Gasteiger partial charge in [-0.3, -0.25) is 119 Å². The summed E-state index contributed by atoms with van der Waals surface area (Å²) in [5, 5.41) is 110. The lowest BCUT2D eigenvalue weighted by Crippen LogP contribution is -2.62. The summed E-state index contributed by atoms with van der Waals surface area (Å²) in [6.45, 7) is 11.2. The van der Waals surface area contributed by atoms with E-state index >= 15 is 47.9 Å². The van der Waals surface area contributed by atoms with E-state index in [1.807, 2.05) is 0 Å². The third kappa shape index (κ3) is 45.6. The van der Waals surface area contributed by atoms with Gasteiger partial charge in [0.2, 0.25) is 106 Å². The van der Waals surface area contributed by atoms with Gasteiger partial charge in [0.25, 0.3) is 0 Å². The third-order valence-electron chi connectivity index (χ3n) is 23.2. The number of carbonyl (C=O) groups excluding carboxylic acids is 18. The van der Waals surface area contributed by atoms with Gasteiger partial charge in [0, 0.05) is 73.8 Å². The second-order valence-electron chi connectivity index (χ2n) is 34.4. The Labute approximate surface area is 847 Å². The summed E-state index contributed by atoms with van der Waals surface area (Å²) in [7, 11) is 4.98. The number of rotatable bonds is 32. The van der Waals surface area contributed by atoms with Crippen LogP contribution in [0.5, 0.6) is 0 Å². The number of nitrogens with one attached hydrogen (secondary N) is 30. The molecular weight excluding hydrogens is 1970 g/mol. The van der Waals surface area contributed by atoms with Crippen LogP contribution in [0.2, 0.25) is 0 Å². The van der Waals surface area contributed by atoms with Gasteiger partial charge in [-0.05, 0) is 101 Å². The molecule has 4 rings (SSSR count). The molecule has 0 aromatic carbocycles. The second kappa shape index (κ2) is 65.4. The summed E-state index contributed by atoms with van der Waals surface area (Å²) in [5.41, 5.74) is 33.7. The van der Waals surface area contributed by atoms with Crippen LogP contribution in [0.15, 0.2) is 0 Å². The molecule has 4 aliphatic heterocycles. The largest absolute Gasteiger partial charge is 0.370 e. The first-order valence-corrected chi connectivity index (χ1v) is 54.4. The second-order valence-corrected chi connectivity index (χ2v) is 42.0. The van der Waals surface area contributed by atoms with Crippen LogP contribution in [0.3, 0.4) is 0 Å². The smallest absolute Gasteiger partial charge is 0.244 e. The quantitative estimate of drug-likeness (QED) is 0.0129. The SMILES string of the molecule is CCC(C)[C@@H]1NC(=O)[C@@H]2CSSC[C@H](NC(=O)[C@H](CCCNC(=N)N)NC(=O)[C@@H]3CSSC[C@H](NC1=O)C(=O)NCC(=O)N[C@@H](CCCNC(=N)N)C(=O)N[C@@H](CCCNC(=N)N)C(=O)N[C@@H]([C@@H](C)CC)C(=O)N3)C(=O)N[C@@H]([C@@H](C)CC)C(=O)N[C@H]1CSSC[C@H](NC(=O)[C@H]([C@@H](C)CC)NC(=O)[C@H](CCCNC(=N)N)NC(=O)C(CCCNC(=N)N)NC(=O)CNC1=O)C(=O)N[C@@H](CCCNC(=N)N)C(=O)N2. The number of carbonyl (C=O) groups is 18. The third-order valence-corrected chi connectivity index (χ3v) is 30.5. The Kier molecular flexibility index (Phi) is 56.4. The van der Waals surface area contributed by atoms with E-state index in [0.717, 1.165) is 64.8 Å². The van der Waals surface area contributed by atoms with Gasteiger partial charge in [-0.2, -0.15) is 0 Å². The maximum atomic E-state index is 15.7. The monoisotopic (exact) mass is 2110 g/mol. The summed E-state index contributed by atoms with van der Waals surface area (Å²) >= 11 is 0. The zero-order valence-electron chi connectivity index (χ0n) is 81.0. The molecule has 6 bridgehead atoms. The first-order valence-electron chi connectivity index (χ1n) is 46.9. The van der Waals surface area contributed by atoms with Crippen molar-refractivity contribution in [2.24, 2.45) is 58.1 Å². The van der Waals surface area contributed by atoms with Gasteiger partial charge >= 0.3 is 0 Å². The van der Waals surface area contributed by atoms with Crippen molar-refractivity contribution in [3.05, 3.63) is 0 Å². The topological polar surface area (TPSA) is 895 Å². The molecule has 4 saturated heterocycles. The van der Waals surface area contributed by atoms with Crippen LogP contribution < -0.4 is 162 Å². The molecule has 60 heteroatoms. The van der Waals surface area contributed by atoms with Gasteiger partial charge in [0.05, 0.1) is 13.1 Å². The van der Waals surface area contributed by atoms with Crippen LogP contribution >= 0.6 is 64.8 Å². The van der Waals surface area contributed by atoms with Crippen molar-refractivity contribution in [1.29, 1.82) is 32.5 Å². The Morgan fingerprint density at radius 2 is 0.408 bits per heavy atom. The van der Waals surface area contributed by atoms with Crippen molar-refractivity contribution in [3.63, 3.8) is 0 Å². The molecular formula is C82H146N36O18S6. The molecule has 0 spiro atoms.